The Morgan fingerprint density at radius 1 is 1.33 bits per heavy atom. The van der Waals surface area contributed by atoms with Crippen LogP contribution >= 0.6 is 0 Å². The van der Waals surface area contributed by atoms with E-state index in [2.05, 4.69) is 26.9 Å². The Morgan fingerprint density at radius 2 is 2.08 bits per heavy atom. The van der Waals surface area contributed by atoms with Gasteiger partial charge >= 0.3 is 0 Å². The van der Waals surface area contributed by atoms with Gasteiger partial charge in [-0.05, 0) is 17.7 Å². The Morgan fingerprint density at radius 3 is 2.83 bits per heavy atom. The van der Waals surface area contributed by atoms with Crippen LogP contribution in [0.1, 0.15) is 5.56 Å². The van der Waals surface area contributed by atoms with Crippen molar-refractivity contribution in [1.29, 1.82) is 0 Å². The maximum Gasteiger partial charge on any atom is 0.150 e. The number of aromatic nitrogens is 2. The first-order chi connectivity index (χ1) is 11.7. The van der Waals surface area contributed by atoms with Gasteiger partial charge in [-0.25, -0.2) is 4.68 Å². The van der Waals surface area contributed by atoms with Crippen LogP contribution in [0.4, 0.5) is 17.2 Å². The van der Waals surface area contributed by atoms with Crippen molar-refractivity contribution in [3.8, 4) is 0 Å². The third kappa shape index (κ3) is 4.47. The molecule has 0 spiro atoms. The minimum absolute atomic E-state index is 0.100. The van der Waals surface area contributed by atoms with E-state index >= 15 is 0 Å². The Hall–Kier alpha value is -3.06. The molecule has 7 nitrogen and oxygen atoms in total. The van der Waals surface area contributed by atoms with Crippen molar-refractivity contribution in [3.63, 3.8) is 0 Å². The first-order valence-electron chi connectivity index (χ1n) is 7.34. The van der Waals surface area contributed by atoms with Crippen LogP contribution in [0.15, 0.2) is 70.0 Å². The molecule has 2 rings (SSSR count). The maximum atomic E-state index is 9.29. The lowest BCUT2D eigenvalue weighted by Crippen LogP contribution is -2.05. The van der Waals surface area contributed by atoms with Gasteiger partial charge in [-0.2, -0.15) is 5.10 Å². The molecule has 0 aliphatic heterocycles. The highest BCUT2D eigenvalue weighted by molar-refractivity contribution is 5.71. The quantitative estimate of drug-likeness (QED) is 0.464. The molecule has 2 aromatic rings. The number of benzene rings is 1. The summed E-state index contributed by atoms with van der Waals surface area (Å²) < 4.78 is 1.60. The van der Waals surface area contributed by atoms with E-state index in [9.17, 15) is 5.11 Å². The number of aliphatic imine (C=N–C) groups is 1. The van der Waals surface area contributed by atoms with E-state index in [1.807, 2.05) is 18.2 Å². The van der Waals surface area contributed by atoms with E-state index < -0.39 is 0 Å². The van der Waals surface area contributed by atoms with Gasteiger partial charge in [0.15, 0.2) is 0 Å². The second-order valence-electron chi connectivity index (χ2n) is 4.98. The van der Waals surface area contributed by atoms with Crippen LogP contribution in [-0.2, 0) is 13.2 Å². The lowest BCUT2D eigenvalue weighted by Gasteiger charge is -2.03. The van der Waals surface area contributed by atoms with E-state index in [1.165, 1.54) is 0 Å². The topological polar surface area (TPSA) is 101 Å². The standard InChI is InChI=1S/C17H20N6O/c1-13(6-5-9-19-2)11-23-17(18)16(10-20-23)22-21-15-8-4-3-7-14(15)12-24/h3-10,24H,1,11-12,18H2,2H3/b6-5-,19-9?,22-21?. The van der Waals surface area contributed by atoms with Crippen molar-refractivity contribution in [3.05, 3.63) is 60.3 Å². The molecule has 0 bridgehead atoms. The summed E-state index contributed by atoms with van der Waals surface area (Å²) in [6, 6.07) is 7.23. The van der Waals surface area contributed by atoms with Crippen LogP contribution in [0.5, 0.6) is 0 Å². The van der Waals surface area contributed by atoms with E-state index in [1.54, 1.807) is 42.3 Å². The van der Waals surface area contributed by atoms with Gasteiger partial charge in [0.1, 0.15) is 11.5 Å². The molecule has 0 aliphatic rings. The fourth-order valence-electron chi connectivity index (χ4n) is 1.95. The van der Waals surface area contributed by atoms with Gasteiger partial charge in [0, 0.05) is 18.8 Å². The van der Waals surface area contributed by atoms with Crippen LogP contribution in [0.3, 0.4) is 0 Å². The summed E-state index contributed by atoms with van der Waals surface area (Å²) in [5.41, 5.74) is 8.64. The summed E-state index contributed by atoms with van der Waals surface area (Å²) in [6.07, 6.45) is 6.86. The smallest absolute Gasteiger partial charge is 0.150 e. The van der Waals surface area contributed by atoms with E-state index in [0.29, 0.717) is 29.3 Å². The summed E-state index contributed by atoms with van der Waals surface area (Å²) in [5, 5.41) is 21.8. The molecule has 24 heavy (non-hydrogen) atoms. The van der Waals surface area contributed by atoms with Crippen molar-refractivity contribution in [2.45, 2.75) is 13.2 Å². The molecule has 1 aromatic heterocycles. The van der Waals surface area contributed by atoms with Crippen molar-refractivity contribution in [1.82, 2.24) is 9.78 Å². The zero-order chi connectivity index (χ0) is 17.4. The number of azo groups is 1. The number of rotatable bonds is 7. The second-order valence-corrected chi connectivity index (χ2v) is 4.98. The second kappa shape index (κ2) is 8.54. The lowest BCUT2D eigenvalue weighted by atomic mass is 10.2. The number of hydrogen-bond donors (Lipinski definition) is 2. The molecule has 0 radical (unpaired) electrons. The summed E-state index contributed by atoms with van der Waals surface area (Å²) in [6.45, 7) is 4.29. The van der Waals surface area contributed by atoms with Crippen LogP contribution < -0.4 is 5.73 Å². The molecule has 0 saturated carbocycles. The van der Waals surface area contributed by atoms with Crippen molar-refractivity contribution in [2.75, 3.05) is 12.8 Å². The average Bonchev–Trinajstić information content (AvgIpc) is 2.93. The van der Waals surface area contributed by atoms with Gasteiger partial charge in [-0.3, -0.25) is 4.99 Å². The van der Waals surface area contributed by atoms with Gasteiger partial charge < -0.3 is 10.8 Å². The van der Waals surface area contributed by atoms with Crippen LogP contribution in [0, 0.1) is 0 Å². The molecular weight excluding hydrogens is 304 g/mol. The van der Waals surface area contributed by atoms with Gasteiger partial charge in [0.25, 0.3) is 0 Å². The molecule has 7 heteroatoms. The number of anilines is 1. The average molecular weight is 324 g/mol. The molecule has 0 atom stereocenters. The van der Waals surface area contributed by atoms with Gasteiger partial charge in [0.2, 0.25) is 0 Å². The Labute approximate surface area is 140 Å². The number of hydrogen-bond acceptors (Lipinski definition) is 6. The third-order valence-corrected chi connectivity index (χ3v) is 3.21. The lowest BCUT2D eigenvalue weighted by molar-refractivity contribution is 0.282. The Bertz CT molecular complexity index is 788. The Kier molecular flexibility index (Phi) is 6.16. The number of aliphatic hydroxyl groups is 1. The molecule has 3 N–H and O–H groups in total. The first kappa shape index (κ1) is 17.3. The molecule has 0 aliphatic carbocycles. The van der Waals surface area contributed by atoms with Crippen molar-refractivity contribution >= 4 is 23.4 Å². The fraction of sp³-hybridized carbons (Fsp3) is 0.176. The third-order valence-electron chi connectivity index (χ3n) is 3.21. The highest BCUT2D eigenvalue weighted by atomic mass is 16.3. The minimum atomic E-state index is -0.100. The van der Waals surface area contributed by atoms with Gasteiger partial charge in [-0.15, -0.1) is 10.2 Å². The van der Waals surface area contributed by atoms with Crippen LogP contribution in [0.2, 0.25) is 0 Å². The van der Waals surface area contributed by atoms with Crippen molar-refractivity contribution in [2.24, 2.45) is 15.2 Å². The molecule has 124 valence electrons. The van der Waals surface area contributed by atoms with E-state index in [0.717, 1.165) is 5.57 Å². The summed E-state index contributed by atoms with van der Waals surface area (Å²) in [7, 11) is 1.70. The largest absolute Gasteiger partial charge is 0.392 e. The summed E-state index contributed by atoms with van der Waals surface area (Å²) in [4.78, 5) is 3.86. The summed E-state index contributed by atoms with van der Waals surface area (Å²) >= 11 is 0. The predicted molar refractivity (Wildman–Crippen MR) is 95.9 cm³/mol. The number of nitrogens with two attached hydrogens (primary N) is 1. The fourth-order valence-corrected chi connectivity index (χ4v) is 1.95. The molecule has 0 amide bonds. The Balaban J connectivity index is 2.12. The molecule has 0 fully saturated rings. The zero-order valence-corrected chi connectivity index (χ0v) is 13.5. The van der Waals surface area contributed by atoms with E-state index in [4.69, 9.17) is 5.73 Å². The molecular formula is C17H20N6O. The normalized spacial score (nSPS) is 11.9. The van der Waals surface area contributed by atoms with Crippen molar-refractivity contribution < 1.29 is 5.11 Å². The highest BCUT2D eigenvalue weighted by Gasteiger charge is 2.07. The van der Waals surface area contributed by atoms with Crippen LogP contribution in [-0.4, -0.2) is 28.1 Å². The molecule has 0 saturated heterocycles. The first-order valence-corrected chi connectivity index (χ1v) is 7.34. The number of nitrogens with zero attached hydrogens (tertiary/aromatic N) is 5. The number of nitrogen functional groups attached to an aromatic ring is 1. The molecule has 0 unspecified atom stereocenters. The zero-order valence-electron chi connectivity index (χ0n) is 13.5. The van der Waals surface area contributed by atoms with Gasteiger partial charge in [0.05, 0.1) is 25.0 Å². The van der Waals surface area contributed by atoms with Gasteiger partial charge in [-0.1, -0.05) is 30.9 Å². The SMILES string of the molecule is C=C(/C=C\C=NC)Cn1ncc(N=Nc2ccccc2CO)c1N. The minimum Gasteiger partial charge on any atom is -0.392 e. The number of allylic oxidation sites excluding steroid dienone is 3. The predicted octanol–water partition coefficient (Wildman–Crippen LogP) is 3.19. The molecule has 1 aromatic carbocycles. The maximum absolute atomic E-state index is 9.29. The monoisotopic (exact) mass is 324 g/mol. The summed E-state index contributed by atoms with van der Waals surface area (Å²) in [5.74, 6) is 0.402. The highest BCUT2D eigenvalue weighted by Crippen LogP contribution is 2.26. The molecule has 1 heterocycles. The van der Waals surface area contributed by atoms with E-state index in [-0.39, 0.29) is 6.61 Å². The van der Waals surface area contributed by atoms with Crippen LogP contribution in [0.25, 0.3) is 0 Å². The number of aliphatic hydroxyl groups excluding tert-OH is 1.